The van der Waals surface area contributed by atoms with E-state index >= 15 is 0 Å². The minimum absolute atomic E-state index is 0.0158. The third-order valence-corrected chi connectivity index (χ3v) is 5.39. The Morgan fingerprint density at radius 1 is 1.21 bits per heavy atom. The second-order valence-corrected chi connectivity index (χ2v) is 7.74. The number of pyridine rings is 1. The van der Waals surface area contributed by atoms with E-state index in [0.717, 1.165) is 18.9 Å². The SMILES string of the molecule is NC1CCC(Oc2cc3c(Cl)c[nH]c(=O)c3cc2S(=O)(=O)O)CC1. The van der Waals surface area contributed by atoms with Crippen molar-refractivity contribution in [1.29, 1.82) is 0 Å². The molecule has 1 fully saturated rings. The number of ether oxygens (including phenoxy) is 1. The van der Waals surface area contributed by atoms with E-state index in [0.29, 0.717) is 18.2 Å². The number of rotatable bonds is 3. The molecule has 3 rings (SSSR count). The zero-order valence-corrected chi connectivity index (χ0v) is 14.2. The number of aromatic nitrogens is 1. The molecule has 1 aliphatic rings. The molecule has 2 aromatic rings. The molecule has 0 radical (unpaired) electrons. The Morgan fingerprint density at radius 3 is 2.50 bits per heavy atom. The van der Waals surface area contributed by atoms with Crippen LogP contribution < -0.4 is 16.0 Å². The molecule has 1 aliphatic carbocycles. The molecular formula is C15H17ClN2O5S. The standard InChI is InChI=1S/C15H17ClN2O5S/c16-12-7-18-15(19)11-6-14(24(20,21)22)13(5-10(11)12)23-9-3-1-8(17)2-4-9/h5-9H,1-4,17H2,(H,18,19)(H,20,21,22). The van der Waals surface area contributed by atoms with Crippen LogP contribution in [0.3, 0.4) is 0 Å². The lowest BCUT2D eigenvalue weighted by Gasteiger charge is -2.27. The number of halogens is 1. The van der Waals surface area contributed by atoms with Crippen molar-refractivity contribution in [3.05, 3.63) is 33.7 Å². The summed E-state index contributed by atoms with van der Waals surface area (Å²) in [6.07, 6.45) is 4.05. The maximum absolute atomic E-state index is 11.9. The Labute approximate surface area is 143 Å². The largest absolute Gasteiger partial charge is 0.489 e. The van der Waals surface area contributed by atoms with Gasteiger partial charge in [0, 0.05) is 17.6 Å². The molecule has 1 heterocycles. The predicted octanol–water partition coefficient (Wildman–Crippen LogP) is 2.08. The number of hydrogen-bond acceptors (Lipinski definition) is 5. The topological polar surface area (TPSA) is 122 Å². The number of nitrogens with one attached hydrogen (secondary N) is 1. The zero-order chi connectivity index (χ0) is 17.5. The van der Waals surface area contributed by atoms with Crippen LogP contribution in [0.4, 0.5) is 0 Å². The van der Waals surface area contributed by atoms with Gasteiger partial charge < -0.3 is 15.5 Å². The molecule has 9 heteroatoms. The van der Waals surface area contributed by atoms with Crippen LogP contribution in [0, 0.1) is 0 Å². The summed E-state index contributed by atoms with van der Waals surface area (Å²) in [6.45, 7) is 0. The van der Waals surface area contributed by atoms with Crippen molar-refractivity contribution >= 4 is 32.5 Å². The predicted molar refractivity (Wildman–Crippen MR) is 90.3 cm³/mol. The lowest BCUT2D eigenvalue weighted by atomic mass is 9.94. The van der Waals surface area contributed by atoms with Crippen LogP contribution in [0.15, 0.2) is 28.0 Å². The van der Waals surface area contributed by atoms with Crippen LogP contribution in [-0.2, 0) is 10.1 Å². The molecule has 0 unspecified atom stereocenters. The van der Waals surface area contributed by atoms with Gasteiger partial charge >= 0.3 is 0 Å². The zero-order valence-electron chi connectivity index (χ0n) is 12.7. The molecule has 1 aromatic heterocycles. The van der Waals surface area contributed by atoms with Crippen molar-refractivity contribution in [1.82, 2.24) is 4.98 Å². The van der Waals surface area contributed by atoms with Gasteiger partial charge in [0.05, 0.1) is 16.5 Å². The van der Waals surface area contributed by atoms with Crippen molar-refractivity contribution < 1.29 is 17.7 Å². The lowest BCUT2D eigenvalue weighted by molar-refractivity contribution is 0.143. The lowest BCUT2D eigenvalue weighted by Crippen LogP contribution is -2.32. The molecule has 0 amide bonds. The molecule has 0 atom stereocenters. The normalized spacial score (nSPS) is 21.8. The van der Waals surface area contributed by atoms with Crippen molar-refractivity contribution in [2.45, 2.75) is 42.7 Å². The first-order chi connectivity index (χ1) is 11.3. The average Bonchev–Trinajstić information content (AvgIpc) is 2.52. The number of aromatic amines is 1. The summed E-state index contributed by atoms with van der Waals surface area (Å²) in [5.74, 6) is -0.0158. The first-order valence-electron chi connectivity index (χ1n) is 7.50. The fourth-order valence-electron chi connectivity index (χ4n) is 2.91. The summed E-state index contributed by atoms with van der Waals surface area (Å²) < 4.78 is 38.7. The first-order valence-corrected chi connectivity index (χ1v) is 9.32. The second kappa shape index (κ2) is 6.36. The van der Waals surface area contributed by atoms with Gasteiger partial charge in [-0.1, -0.05) is 11.6 Å². The monoisotopic (exact) mass is 372 g/mol. The van der Waals surface area contributed by atoms with Crippen LogP contribution in [0.2, 0.25) is 5.02 Å². The fraction of sp³-hybridized carbons (Fsp3) is 0.400. The summed E-state index contributed by atoms with van der Waals surface area (Å²) in [6, 6.07) is 2.58. The number of nitrogens with two attached hydrogens (primary N) is 1. The van der Waals surface area contributed by atoms with E-state index in [1.165, 1.54) is 12.3 Å². The van der Waals surface area contributed by atoms with E-state index in [4.69, 9.17) is 22.1 Å². The van der Waals surface area contributed by atoms with Crippen LogP contribution in [0.5, 0.6) is 5.75 Å². The van der Waals surface area contributed by atoms with Gasteiger partial charge in [-0.3, -0.25) is 9.35 Å². The number of hydrogen-bond donors (Lipinski definition) is 3. The Hall–Kier alpha value is -1.61. The molecule has 24 heavy (non-hydrogen) atoms. The maximum atomic E-state index is 11.9. The molecular weight excluding hydrogens is 356 g/mol. The maximum Gasteiger partial charge on any atom is 0.298 e. The highest BCUT2D eigenvalue weighted by Crippen LogP contribution is 2.33. The molecule has 0 aliphatic heterocycles. The third-order valence-electron chi connectivity index (χ3n) is 4.21. The third kappa shape index (κ3) is 3.41. The number of benzene rings is 1. The van der Waals surface area contributed by atoms with E-state index in [1.807, 2.05) is 0 Å². The van der Waals surface area contributed by atoms with Crippen LogP contribution in [0.1, 0.15) is 25.7 Å². The van der Waals surface area contributed by atoms with Crippen LogP contribution >= 0.6 is 11.6 Å². The van der Waals surface area contributed by atoms with Crippen molar-refractivity contribution in [2.24, 2.45) is 5.73 Å². The highest BCUT2D eigenvalue weighted by molar-refractivity contribution is 7.86. The highest BCUT2D eigenvalue weighted by atomic mass is 35.5. The Morgan fingerprint density at radius 2 is 1.88 bits per heavy atom. The molecule has 130 valence electrons. The van der Waals surface area contributed by atoms with Gasteiger partial charge in [-0.2, -0.15) is 8.42 Å². The van der Waals surface area contributed by atoms with E-state index in [-0.39, 0.29) is 28.3 Å². The summed E-state index contributed by atoms with van der Waals surface area (Å²) in [4.78, 5) is 13.9. The second-order valence-electron chi connectivity index (χ2n) is 5.94. The summed E-state index contributed by atoms with van der Waals surface area (Å²) in [5, 5.41) is 0.672. The van der Waals surface area contributed by atoms with Crippen LogP contribution in [0.25, 0.3) is 10.8 Å². The summed E-state index contributed by atoms with van der Waals surface area (Å²) in [5.41, 5.74) is 5.35. The van der Waals surface area contributed by atoms with E-state index < -0.39 is 20.6 Å². The number of fused-ring (bicyclic) bond motifs is 1. The highest BCUT2D eigenvalue weighted by Gasteiger charge is 2.25. The van der Waals surface area contributed by atoms with Gasteiger partial charge in [-0.05, 0) is 37.8 Å². The van der Waals surface area contributed by atoms with E-state index in [9.17, 15) is 17.8 Å². The molecule has 1 saturated carbocycles. The molecule has 0 saturated heterocycles. The fourth-order valence-corrected chi connectivity index (χ4v) is 3.75. The molecule has 4 N–H and O–H groups in total. The minimum Gasteiger partial charge on any atom is -0.489 e. The average molecular weight is 373 g/mol. The molecule has 0 bridgehead atoms. The Bertz CT molecular complexity index is 933. The van der Waals surface area contributed by atoms with Gasteiger partial charge in [0.15, 0.2) is 0 Å². The summed E-state index contributed by atoms with van der Waals surface area (Å²) >= 11 is 6.08. The van der Waals surface area contributed by atoms with Crippen molar-refractivity contribution in [2.75, 3.05) is 0 Å². The first kappa shape index (κ1) is 17.2. The number of H-pyrrole nitrogens is 1. The molecule has 7 nitrogen and oxygen atoms in total. The van der Waals surface area contributed by atoms with Gasteiger partial charge in [0.25, 0.3) is 15.7 Å². The smallest absolute Gasteiger partial charge is 0.298 e. The van der Waals surface area contributed by atoms with Crippen LogP contribution in [-0.4, -0.2) is 30.1 Å². The Balaban J connectivity index is 2.11. The van der Waals surface area contributed by atoms with Gasteiger partial charge in [0.1, 0.15) is 10.6 Å². The summed E-state index contributed by atoms with van der Waals surface area (Å²) in [7, 11) is -4.56. The van der Waals surface area contributed by atoms with E-state index in [1.54, 1.807) is 0 Å². The molecule has 1 aromatic carbocycles. The van der Waals surface area contributed by atoms with Gasteiger partial charge in [-0.25, -0.2) is 0 Å². The Kier molecular flexibility index (Phi) is 4.56. The van der Waals surface area contributed by atoms with Gasteiger partial charge in [0.2, 0.25) is 0 Å². The quantitative estimate of drug-likeness (QED) is 0.709. The minimum atomic E-state index is -4.56. The molecule has 0 spiro atoms. The van der Waals surface area contributed by atoms with Crippen molar-refractivity contribution in [3.8, 4) is 5.75 Å². The van der Waals surface area contributed by atoms with Gasteiger partial charge in [-0.15, -0.1) is 0 Å². The van der Waals surface area contributed by atoms with E-state index in [2.05, 4.69) is 4.98 Å². The van der Waals surface area contributed by atoms with Crippen molar-refractivity contribution in [3.63, 3.8) is 0 Å².